The quantitative estimate of drug-likeness (QED) is 0.609. The lowest BCUT2D eigenvalue weighted by Crippen LogP contribution is -2.28. The molecule has 1 atom stereocenters. The van der Waals surface area contributed by atoms with Crippen LogP contribution in [-0.2, 0) is 4.74 Å². The van der Waals surface area contributed by atoms with Crippen LogP contribution in [0.4, 0.5) is 0 Å². The molecule has 0 bridgehead atoms. The van der Waals surface area contributed by atoms with Crippen molar-refractivity contribution in [2.75, 3.05) is 19.7 Å². The Balaban J connectivity index is 3.23. The maximum absolute atomic E-state index is 9.50. The number of rotatable bonds is 8. The molecule has 0 aliphatic carbocycles. The van der Waals surface area contributed by atoms with E-state index in [-0.39, 0.29) is 6.10 Å². The highest BCUT2D eigenvalue weighted by molar-refractivity contribution is 4.65. The number of aliphatic hydroxyl groups excluding tert-OH is 1. The van der Waals surface area contributed by atoms with Gasteiger partial charge in [-0.25, -0.2) is 0 Å². The van der Waals surface area contributed by atoms with Gasteiger partial charge in [-0.15, -0.1) is 0 Å². The highest BCUT2D eigenvalue weighted by atomic mass is 16.5. The molecule has 1 radical (unpaired) electrons. The summed E-state index contributed by atoms with van der Waals surface area (Å²) in [6.07, 6.45) is 2.28. The monoisotopic (exact) mass is 216 g/mol. The number of nitrogens with one attached hydrogen (secondary N) is 1. The van der Waals surface area contributed by atoms with Crippen LogP contribution < -0.4 is 5.32 Å². The smallest absolute Gasteiger partial charge is 0.0700 e. The van der Waals surface area contributed by atoms with Gasteiger partial charge in [-0.1, -0.05) is 20.8 Å². The Morgan fingerprint density at radius 3 is 2.53 bits per heavy atom. The maximum Gasteiger partial charge on any atom is 0.0700 e. The van der Waals surface area contributed by atoms with Crippen LogP contribution in [0.1, 0.15) is 40.0 Å². The third-order valence-electron chi connectivity index (χ3n) is 2.14. The molecule has 91 valence electrons. The predicted molar refractivity (Wildman–Crippen MR) is 63.5 cm³/mol. The number of hydrogen-bond donors (Lipinski definition) is 2. The first-order chi connectivity index (χ1) is 6.95. The molecule has 3 heteroatoms. The largest absolute Gasteiger partial charge is 0.393 e. The van der Waals surface area contributed by atoms with E-state index in [9.17, 15) is 5.11 Å². The van der Waals surface area contributed by atoms with Crippen LogP contribution >= 0.6 is 0 Å². The van der Waals surface area contributed by atoms with Crippen molar-refractivity contribution >= 4 is 0 Å². The molecule has 0 heterocycles. The van der Waals surface area contributed by atoms with Crippen LogP contribution in [-0.4, -0.2) is 30.9 Å². The summed E-state index contributed by atoms with van der Waals surface area (Å²) in [6, 6.07) is 0. The van der Waals surface area contributed by atoms with Gasteiger partial charge in [0.2, 0.25) is 0 Å². The molecule has 0 saturated heterocycles. The fourth-order valence-electron chi connectivity index (χ4n) is 1.29. The Hall–Kier alpha value is -0.120. The zero-order valence-electron chi connectivity index (χ0n) is 10.4. The van der Waals surface area contributed by atoms with Gasteiger partial charge in [0.25, 0.3) is 0 Å². The molecule has 0 unspecified atom stereocenters. The number of aliphatic hydroxyl groups is 1. The fourth-order valence-corrected chi connectivity index (χ4v) is 1.29. The number of ether oxygens (including phenoxy) is 1. The zero-order valence-corrected chi connectivity index (χ0v) is 10.4. The van der Waals surface area contributed by atoms with E-state index < -0.39 is 0 Å². The Morgan fingerprint density at radius 1 is 1.33 bits per heavy atom. The Kier molecular flexibility index (Phi) is 8.02. The molecule has 0 aliphatic heterocycles. The Labute approximate surface area is 94.2 Å². The van der Waals surface area contributed by atoms with Gasteiger partial charge in [0.15, 0.2) is 0 Å². The molecule has 0 aliphatic rings. The molecular weight excluding hydrogens is 190 g/mol. The fraction of sp³-hybridized carbons (Fsp3) is 0.917. The molecule has 3 nitrogen and oxygen atoms in total. The van der Waals surface area contributed by atoms with Crippen LogP contribution in [0.15, 0.2) is 0 Å². The van der Waals surface area contributed by atoms with E-state index in [1.807, 2.05) is 0 Å². The van der Waals surface area contributed by atoms with Crippen molar-refractivity contribution in [1.82, 2.24) is 5.32 Å². The zero-order chi connectivity index (χ0) is 11.7. The van der Waals surface area contributed by atoms with Crippen molar-refractivity contribution in [3.05, 3.63) is 7.11 Å². The maximum atomic E-state index is 9.50. The van der Waals surface area contributed by atoms with Gasteiger partial charge in [-0.2, -0.15) is 0 Å². The first kappa shape index (κ1) is 14.9. The minimum Gasteiger partial charge on any atom is -0.393 e. The van der Waals surface area contributed by atoms with Gasteiger partial charge in [0, 0.05) is 6.61 Å². The third-order valence-corrected chi connectivity index (χ3v) is 2.14. The lowest BCUT2D eigenvalue weighted by atomic mass is 9.97. The SMILES string of the molecule is [CH2]OCC[C@H](O)CCCNCC(C)(C)C. The second-order valence-electron chi connectivity index (χ2n) is 5.23. The normalized spacial score (nSPS) is 14.2. The van der Waals surface area contributed by atoms with Crippen molar-refractivity contribution in [3.8, 4) is 0 Å². The average molecular weight is 216 g/mol. The van der Waals surface area contributed by atoms with Crippen LogP contribution in [0, 0.1) is 12.5 Å². The van der Waals surface area contributed by atoms with Crippen molar-refractivity contribution in [2.45, 2.75) is 46.1 Å². The summed E-state index contributed by atoms with van der Waals surface area (Å²) in [5.74, 6) is 0. The van der Waals surface area contributed by atoms with Crippen LogP contribution in [0.5, 0.6) is 0 Å². The summed E-state index contributed by atoms with van der Waals surface area (Å²) >= 11 is 0. The molecule has 0 rings (SSSR count). The highest BCUT2D eigenvalue weighted by Gasteiger charge is 2.08. The van der Waals surface area contributed by atoms with E-state index in [1.54, 1.807) is 0 Å². The standard InChI is InChI=1S/C12H26NO2/c1-12(2,3)10-13-8-5-6-11(14)7-9-15-4/h11,13-14H,4-10H2,1-3H3/t11-/m1/s1. The van der Waals surface area contributed by atoms with Crippen molar-refractivity contribution < 1.29 is 9.84 Å². The van der Waals surface area contributed by atoms with Gasteiger partial charge in [-0.3, -0.25) is 0 Å². The summed E-state index contributed by atoms with van der Waals surface area (Å²) in [6.45, 7) is 9.16. The van der Waals surface area contributed by atoms with Gasteiger partial charge in [-0.05, 0) is 37.8 Å². The molecule has 0 fully saturated rings. The molecule has 0 aromatic carbocycles. The lowest BCUT2D eigenvalue weighted by molar-refractivity contribution is 0.114. The van der Waals surface area contributed by atoms with E-state index in [0.29, 0.717) is 18.4 Å². The van der Waals surface area contributed by atoms with Crippen LogP contribution in [0.3, 0.4) is 0 Å². The molecular formula is C12H26NO2. The van der Waals surface area contributed by atoms with Crippen LogP contribution in [0.25, 0.3) is 0 Å². The topological polar surface area (TPSA) is 41.5 Å². The van der Waals surface area contributed by atoms with Crippen molar-refractivity contribution in [2.24, 2.45) is 5.41 Å². The van der Waals surface area contributed by atoms with Gasteiger partial charge in [0.05, 0.1) is 13.2 Å². The highest BCUT2D eigenvalue weighted by Crippen LogP contribution is 2.10. The third kappa shape index (κ3) is 11.8. The summed E-state index contributed by atoms with van der Waals surface area (Å²) in [4.78, 5) is 0. The summed E-state index contributed by atoms with van der Waals surface area (Å²) in [5, 5.41) is 12.9. The first-order valence-corrected chi connectivity index (χ1v) is 5.71. The predicted octanol–water partition coefficient (Wildman–Crippen LogP) is 1.96. The Bertz CT molecular complexity index is 143. The minimum absolute atomic E-state index is 0.247. The molecule has 2 N–H and O–H groups in total. The van der Waals surface area contributed by atoms with Crippen molar-refractivity contribution in [1.29, 1.82) is 0 Å². The Morgan fingerprint density at radius 2 is 2.00 bits per heavy atom. The summed E-state index contributed by atoms with van der Waals surface area (Å²) < 4.78 is 4.66. The van der Waals surface area contributed by atoms with Gasteiger partial charge >= 0.3 is 0 Å². The van der Waals surface area contributed by atoms with Gasteiger partial charge < -0.3 is 15.2 Å². The molecule has 15 heavy (non-hydrogen) atoms. The average Bonchev–Trinajstić information content (AvgIpc) is 2.12. The van der Waals surface area contributed by atoms with Crippen molar-refractivity contribution in [3.63, 3.8) is 0 Å². The minimum atomic E-state index is -0.247. The van der Waals surface area contributed by atoms with Crippen LogP contribution in [0.2, 0.25) is 0 Å². The molecule has 0 aromatic heterocycles. The molecule has 0 spiro atoms. The van der Waals surface area contributed by atoms with Gasteiger partial charge in [0.1, 0.15) is 0 Å². The van der Waals surface area contributed by atoms with E-state index in [2.05, 4.69) is 37.9 Å². The summed E-state index contributed by atoms with van der Waals surface area (Å²) in [7, 11) is 3.27. The van der Waals surface area contributed by atoms with E-state index in [0.717, 1.165) is 25.9 Å². The first-order valence-electron chi connectivity index (χ1n) is 5.71. The second kappa shape index (κ2) is 8.08. The molecule has 0 amide bonds. The lowest BCUT2D eigenvalue weighted by Gasteiger charge is -2.19. The number of hydrogen-bond acceptors (Lipinski definition) is 3. The molecule has 0 saturated carbocycles. The molecule has 0 aromatic rings. The van der Waals surface area contributed by atoms with E-state index >= 15 is 0 Å². The van der Waals surface area contributed by atoms with E-state index in [1.165, 1.54) is 0 Å². The van der Waals surface area contributed by atoms with E-state index in [4.69, 9.17) is 0 Å². The second-order valence-corrected chi connectivity index (χ2v) is 5.23. The summed E-state index contributed by atoms with van der Waals surface area (Å²) in [5.41, 5.74) is 0.334.